The summed E-state index contributed by atoms with van der Waals surface area (Å²) in [5, 5.41) is 11.5. The molecule has 0 aliphatic heterocycles. The van der Waals surface area contributed by atoms with Gasteiger partial charge in [0.15, 0.2) is 0 Å². The molecule has 1 unspecified atom stereocenters. The topological polar surface area (TPSA) is 58.6 Å². The Morgan fingerprint density at radius 1 is 1.29 bits per heavy atom. The Morgan fingerprint density at radius 2 is 1.88 bits per heavy atom. The lowest BCUT2D eigenvalue weighted by atomic mass is 9.99. The third kappa shape index (κ3) is 7.17. The second kappa shape index (κ2) is 6.80. The van der Waals surface area contributed by atoms with Crippen molar-refractivity contribution < 1.29 is 27.8 Å². The summed E-state index contributed by atoms with van der Waals surface area (Å²) in [7, 11) is 1.51. The Morgan fingerprint density at radius 3 is 2.29 bits per heavy atom. The van der Waals surface area contributed by atoms with Crippen LogP contribution in [-0.2, 0) is 9.53 Å². The van der Waals surface area contributed by atoms with Crippen molar-refractivity contribution in [2.75, 3.05) is 20.3 Å². The number of hydrogen-bond acceptors (Lipinski definition) is 3. The van der Waals surface area contributed by atoms with Gasteiger partial charge in [-0.05, 0) is 26.8 Å². The van der Waals surface area contributed by atoms with Crippen LogP contribution in [0.2, 0.25) is 0 Å². The molecule has 0 aromatic rings. The average molecular weight is 257 g/mol. The van der Waals surface area contributed by atoms with E-state index < -0.39 is 24.1 Å². The second-order valence-corrected chi connectivity index (χ2v) is 3.97. The summed E-state index contributed by atoms with van der Waals surface area (Å²) in [6.07, 6.45) is -4.95. The minimum Gasteiger partial charge on any atom is -0.480 e. The van der Waals surface area contributed by atoms with E-state index in [1.165, 1.54) is 14.0 Å². The summed E-state index contributed by atoms with van der Waals surface area (Å²) in [6, 6.07) is 0. The van der Waals surface area contributed by atoms with Crippen LogP contribution in [0.1, 0.15) is 26.2 Å². The van der Waals surface area contributed by atoms with E-state index in [1.807, 2.05) is 0 Å². The number of ether oxygens (including phenoxy) is 1. The zero-order chi connectivity index (χ0) is 13.5. The molecule has 17 heavy (non-hydrogen) atoms. The first-order valence-corrected chi connectivity index (χ1v) is 5.28. The number of likely N-dealkylation sites (N-methyl/N-ethyl adjacent to an activating group) is 1. The van der Waals surface area contributed by atoms with Gasteiger partial charge >= 0.3 is 12.1 Å². The van der Waals surface area contributed by atoms with Crippen LogP contribution < -0.4 is 5.32 Å². The van der Waals surface area contributed by atoms with Gasteiger partial charge in [-0.2, -0.15) is 13.2 Å². The van der Waals surface area contributed by atoms with E-state index in [0.29, 0.717) is 0 Å². The summed E-state index contributed by atoms with van der Waals surface area (Å²) in [5.74, 6) is -1.01. The Balaban J connectivity index is 3.67. The maximum Gasteiger partial charge on any atom is 0.389 e. The number of nitrogens with one attached hydrogen (secondary N) is 1. The summed E-state index contributed by atoms with van der Waals surface area (Å²) in [5.41, 5.74) is -1.11. The van der Waals surface area contributed by atoms with Crippen molar-refractivity contribution in [1.29, 1.82) is 0 Å². The number of carboxylic acid groups (broad SMARTS) is 1. The van der Waals surface area contributed by atoms with E-state index >= 15 is 0 Å². The molecule has 0 aliphatic carbocycles. The molecule has 0 saturated carbocycles. The number of hydrogen-bond donors (Lipinski definition) is 2. The molecular weight excluding hydrogens is 239 g/mol. The Labute approximate surface area is 98.1 Å². The first-order chi connectivity index (χ1) is 7.71. The smallest absolute Gasteiger partial charge is 0.389 e. The lowest BCUT2D eigenvalue weighted by Gasteiger charge is -2.23. The molecule has 0 bridgehead atoms. The molecule has 1 atom stereocenters. The van der Waals surface area contributed by atoms with Crippen LogP contribution in [0.4, 0.5) is 13.2 Å². The molecule has 0 heterocycles. The van der Waals surface area contributed by atoms with E-state index in [2.05, 4.69) is 5.32 Å². The Bertz CT molecular complexity index is 245. The number of carbonyl (C=O) groups is 1. The van der Waals surface area contributed by atoms with Crippen LogP contribution in [0, 0.1) is 0 Å². The Hall–Kier alpha value is -0.820. The van der Waals surface area contributed by atoms with Gasteiger partial charge in [0.05, 0.1) is 0 Å². The molecule has 0 radical (unpaired) electrons. The van der Waals surface area contributed by atoms with Crippen LogP contribution in [0.25, 0.3) is 0 Å². The zero-order valence-corrected chi connectivity index (χ0v) is 9.93. The highest BCUT2D eigenvalue weighted by atomic mass is 19.4. The molecule has 0 saturated heterocycles. The highest BCUT2D eigenvalue weighted by Crippen LogP contribution is 2.21. The fourth-order valence-electron chi connectivity index (χ4n) is 1.09. The second-order valence-electron chi connectivity index (χ2n) is 3.97. The average Bonchev–Trinajstić information content (AvgIpc) is 2.21. The van der Waals surface area contributed by atoms with E-state index in [0.717, 1.165) is 0 Å². The van der Waals surface area contributed by atoms with Crippen LogP contribution in [-0.4, -0.2) is 43.1 Å². The van der Waals surface area contributed by atoms with Crippen molar-refractivity contribution >= 4 is 5.97 Å². The van der Waals surface area contributed by atoms with Gasteiger partial charge in [0, 0.05) is 19.6 Å². The molecule has 0 fully saturated rings. The predicted molar refractivity (Wildman–Crippen MR) is 55.8 cm³/mol. The first-order valence-electron chi connectivity index (χ1n) is 5.28. The first kappa shape index (κ1) is 16.2. The number of aliphatic carboxylic acids is 1. The van der Waals surface area contributed by atoms with Gasteiger partial charge in [-0.15, -0.1) is 0 Å². The van der Waals surface area contributed by atoms with E-state index in [9.17, 15) is 18.0 Å². The van der Waals surface area contributed by atoms with Crippen LogP contribution in [0.5, 0.6) is 0 Å². The molecule has 2 N–H and O–H groups in total. The molecular formula is C10H18F3NO3. The normalized spacial score (nSPS) is 15.6. The van der Waals surface area contributed by atoms with Crippen LogP contribution in [0.15, 0.2) is 0 Å². The van der Waals surface area contributed by atoms with Crippen molar-refractivity contribution in [3.63, 3.8) is 0 Å². The molecule has 0 aliphatic rings. The molecule has 0 aromatic carbocycles. The minimum atomic E-state index is -4.16. The molecule has 0 rings (SSSR count). The number of carboxylic acids is 1. The third-order valence-electron chi connectivity index (χ3n) is 2.52. The van der Waals surface area contributed by atoms with E-state index in [4.69, 9.17) is 9.84 Å². The number of alkyl halides is 3. The maximum absolute atomic E-state index is 11.8. The predicted octanol–water partition coefficient (Wildman–Crippen LogP) is 1.80. The molecule has 4 nitrogen and oxygen atoms in total. The van der Waals surface area contributed by atoms with Gasteiger partial charge < -0.3 is 15.2 Å². The third-order valence-corrected chi connectivity index (χ3v) is 2.52. The highest BCUT2D eigenvalue weighted by Gasteiger charge is 2.30. The van der Waals surface area contributed by atoms with Crippen molar-refractivity contribution in [3.8, 4) is 0 Å². The van der Waals surface area contributed by atoms with E-state index in [-0.39, 0.29) is 26.1 Å². The van der Waals surface area contributed by atoms with E-state index in [1.54, 1.807) is 0 Å². The molecule has 102 valence electrons. The number of rotatable bonds is 8. The fourth-order valence-corrected chi connectivity index (χ4v) is 1.09. The standard InChI is InChI=1S/C10H18F3NO3/c1-9(14-2,8(15)16)5-7-17-6-3-4-10(11,12)13/h14H,3-7H2,1-2H3,(H,15,16). The van der Waals surface area contributed by atoms with Gasteiger partial charge in [0.25, 0.3) is 0 Å². The van der Waals surface area contributed by atoms with Gasteiger partial charge in [0.2, 0.25) is 0 Å². The number of halogens is 3. The van der Waals surface area contributed by atoms with Crippen LogP contribution in [0.3, 0.4) is 0 Å². The monoisotopic (exact) mass is 257 g/mol. The van der Waals surface area contributed by atoms with Gasteiger partial charge in [-0.1, -0.05) is 0 Å². The van der Waals surface area contributed by atoms with Crippen LogP contribution >= 0.6 is 0 Å². The summed E-state index contributed by atoms with van der Waals surface area (Å²) in [4.78, 5) is 10.8. The minimum absolute atomic E-state index is 0.0150. The molecule has 7 heteroatoms. The van der Waals surface area contributed by atoms with Crippen molar-refractivity contribution in [2.24, 2.45) is 0 Å². The maximum atomic E-state index is 11.8. The highest BCUT2D eigenvalue weighted by molar-refractivity contribution is 5.78. The lowest BCUT2D eigenvalue weighted by Crippen LogP contribution is -2.48. The molecule has 0 aromatic heterocycles. The fraction of sp³-hybridized carbons (Fsp3) is 0.900. The quantitative estimate of drug-likeness (QED) is 0.651. The SMILES string of the molecule is CNC(C)(CCOCCCC(F)(F)F)C(=O)O. The summed E-state index contributed by atoms with van der Waals surface area (Å²) in [6.45, 7) is 1.59. The molecule has 0 amide bonds. The molecule has 0 spiro atoms. The zero-order valence-electron chi connectivity index (χ0n) is 9.93. The van der Waals surface area contributed by atoms with Gasteiger partial charge in [0.1, 0.15) is 5.54 Å². The largest absolute Gasteiger partial charge is 0.480 e. The van der Waals surface area contributed by atoms with Crippen molar-refractivity contribution in [3.05, 3.63) is 0 Å². The van der Waals surface area contributed by atoms with Gasteiger partial charge in [-0.3, -0.25) is 4.79 Å². The lowest BCUT2D eigenvalue weighted by molar-refractivity contribution is -0.144. The van der Waals surface area contributed by atoms with Crippen molar-refractivity contribution in [1.82, 2.24) is 5.32 Å². The van der Waals surface area contributed by atoms with Crippen molar-refractivity contribution in [2.45, 2.75) is 37.9 Å². The Kier molecular flexibility index (Phi) is 6.48. The summed E-state index contributed by atoms with van der Waals surface area (Å²) >= 11 is 0. The van der Waals surface area contributed by atoms with Gasteiger partial charge in [-0.25, -0.2) is 0 Å². The summed E-state index contributed by atoms with van der Waals surface area (Å²) < 4.78 is 40.3.